The van der Waals surface area contributed by atoms with Crippen molar-refractivity contribution in [2.45, 2.75) is 37.2 Å². The van der Waals surface area contributed by atoms with Gasteiger partial charge in [-0.3, -0.25) is 0 Å². The molecule has 202 valence electrons. The minimum atomic E-state index is -1.18. The van der Waals surface area contributed by atoms with E-state index in [4.69, 9.17) is 15.0 Å². The fourth-order valence-corrected chi connectivity index (χ4v) is 5.98. The molecule has 40 heavy (non-hydrogen) atoms. The van der Waals surface area contributed by atoms with Gasteiger partial charge < -0.3 is 29.8 Å². The predicted octanol–water partition coefficient (Wildman–Crippen LogP) is 3.93. The topological polar surface area (TPSA) is 132 Å². The maximum absolute atomic E-state index is 11.0. The van der Waals surface area contributed by atoms with Crippen LogP contribution in [0.2, 0.25) is 0 Å². The summed E-state index contributed by atoms with van der Waals surface area (Å²) in [6.45, 7) is 1.91. The number of aliphatic hydroxyl groups excluding tert-OH is 2. The van der Waals surface area contributed by atoms with Crippen LogP contribution in [-0.4, -0.2) is 54.0 Å². The molecule has 0 amide bonds. The molecule has 5 aromatic rings. The second-order valence-electron chi connectivity index (χ2n) is 9.53. The summed E-state index contributed by atoms with van der Waals surface area (Å²) in [5.41, 5.74) is 10.9. The number of aryl methyl sites for hydroxylation is 1. The van der Waals surface area contributed by atoms with Crippen molar-refractivity contribution in [1.82, 2.24) is 19.7 Å². The number of aromatic nitrogens is 4. The molecule has 3 aromatic heterocycles. The Morgan fingerprint density at radius 1 is 1.00 bits per heavy atom. The Labute approximate surface area is 235 Å². The molecule has 0 radical (unpaired) electrons. The Morgan fingerprint density at radius 3 is 2.52 bits per heavy atom. The average molecular weight is 554 g/mol. The number of anilines is 1. The molecule has 4 atom stereocenters. The molecule has 0 unspecified atom stereocenters. The molecule has 4 N–H and O–H groups in total. The average Bonchev–Trinajstić information content (AvgIpc) is 3.63. The maximum Gasteiger partial charge on any atom is 0.171 e. The fraction of sp³-hybridized carbons (Fsp3) is 0.233. The van der Waals surface area contributed by atoms with Gasteiger partial charge in [0.1, 0.15) is 30.0 Å². The lowest BCUT2D eigenvalue weighted by Gasteiger charge is -2.17. The largest absolute Gasteiger partial charge is 0.387 e. The van der Waals surface area contributed by atoms with E-state index in [2.05, 4.69) is 27.0 Å². The minimum absolute atomic E-state index is 0.277. The van der Waals surface area contributed by atoms with Gasteiger partial charge in [-0.2, -0.15) is 11.8 Å². The SMILES string of the molecule is Cc1noc(-c2ccccc2)c1CSC[C@H]1O[C@@H](n2cc(C#Cc3ccccc3)c3c(N)ncnc32)[C@H](O)[C@@H]1O. The van der Waals surface area contributed by atoms with Gasteiger partial charge in [-0.15, -0.1) is 0 Å². The summed E-state index contributed by atoms with van der Waals surface area (Å²) in [4.78, 5) is 8.53. The van der Waals surface area contributed by atoms with E-state index in [1.54, 1.807) is 22.5 Å². The third-order valence-electron chi connectivity index (χ3n) is 6.91. The summed E-state index contributed by atoms with van der Waals surface area (Å²) in [6.07, 6.45) is -0.648. The third-order valence-corrected chi connectivity index (χ3v) is 7.97. The highest BCUT2D eigenvalue weighted by Crippen LogP contribution is 2.36. The minimum Gasteiger partial charge on any atom is -0.387 e. The molecule has 4 heterocycles. The lowest BCUT2D eigenvalue weighted by molar-refractivity contribution is -0.0285. The van der Waals surface area contributed by atoms with Gasteiger partial charge in [0.2, 0.25) is 0 Å². The van der Waals surface area contributed by atoms with E-state index in [9.17, 15) is 10.2 Å². The Kier molecular flexibility index (Phi) is 7.28. The van der Waals surface area contributed by atoms with Gasteiger partial charge in [-0.05, 0) is 19.1 Å². The summed E-state index contributed by atoms with van der Waals surface area (Å²) in [5, 5.41) is 26.6. The highest BCUT2D eigenvalue weighted by atomic mass is 32.2. The summed E-state index contributed by atoms with van der Waals surface area (Å²) in [6, 6.07) is 19.4. The molecule has 6 rings (SSSR count). The molecule has 9 nitrogen and oxygen atoms in total. The van der Waals surface area contributed by atoms with Crippen molar-refractivity contribution in [2.24, 2.45) is 0 Å². The molecule has 1 fully saturated rings. The summed E-state index contributed by atoms with van der Waals surface area (Å²) < 4.78 is 13.5. The van der Waals surface area contributed by atoms with Crippen molar-refractivity contribution in [1.29, 1.82) is 0 Å². The number of hydrogen-bond donors (Lipinski definition) is 3. The first-order chi connectivity index (χ1) is 19.5. The van der Waals surface area contributed by atoms with Crippen LogP contribution in [0.3, 0.4) is 0 Å². The van der Waals surface area contributed by atoms with Crippen molar-refractivity contribution in [3.05, 3.63) is 95.6 Å². The Bertz CT molecular complexity index is 1690. The van der Waals surface area contributed by atoms with Crippen LogP contribution in [0.15, 0.2) is 77.7 Å². The molecule has 1 aliphatic rings. The van der Waals surface area contributed by atoms with Gasteiger partial charge in [0.15, 0.2) is 12.0 Å². The van der Waals surface area contributed by atoms with Crippen LogP contribution in [-0.2, 0) is 10.5 Å². The molecule has 2 aromatic carbocycles. The normalized spacial score (nSPS) is 20.5. The Hall–Kier alpha value is -4.14. The number of fused-ring (bicyclic) bond motifs is 1. The standard InChI is InChI=1S/C30H27N5O4S/c1-18-22(27(39-34-18)20-10-6-3-7-11-20)15-40-16-23-25(36)26(37)30(38-23)35-14-21(13-12-19-8-4-2-5-9-19)24-28(31)32-17-33-29(24)35/h2-11,14,17,23,25-26,30,36-37H,15-16H2,1H3,(H2,31,32,33)/t23-,25-,26-,30-/m1/s1. The van der Waals surface area contributed by atoms with Crippen LogP contribution in [0.4, 0.5) is 5.82 Å². The van der Waals surface area contributed by atoms with E-state index >= 15 is 0 Å². The molecular formula is C30H27N5O4S. The van der Waals surface area contributed by atoms with Crippen LogP contribution in [0.5, 0.6) is 0 Å². The van der Waals surface area contributed by atoms with E-state index in [1.165, 1.54) is 6.33 Å². The third kappa shape index (κ3) is 4.96. The maximum atomic E-state index is 11.0. The van der Waals surface area contributed by atoms with Crippen LogP contribution >= 0.6 is 11.8 Å². The Balaban J connectivity index is 1.22. The zero-order valence-electron chi connectivity index (χ0n) is 21.6. The zero-order chi connectivity index (χ0) is 27.6. The molecular weight excluding hydrogens is 526 g/mol. The van der Waals surface area contributed by atoms with Crippen molar-refractivity contribution in [2.75, 3.05) is 11.5 Å². The first-order valence-electron chi connectivity index (χ1n) is 12.8. The lowest BCUT2D eigenvalue weighted by atomic mass is 10.1. The number of hydrogen-bond acceptors (Lipinski definition) is 9. The van der Waals surface area contributed by atoms with Gasteiger partial charge in [0, 0.05) is 34.4 Å². The highest BCUT2D eigenvalue weighted by molar-refractivity contribution is 7.98. The number of benzene rings is 2. The first-order valence-corrected chi connectivity index (χ1v) is 13.9. The number of nitrogens with two attached hydrogens (primary N) is 1. The summed E-state index contributed by atoms with van der Waals surface area (Å²) in [7, 11) is 0. The number of nitrogens with zero attached hydrogens (tertiary/aromatic N) is 4. The zero-order valence-corrected chi connectivity index (χ0v) is 22.5. The van der Waals surface area contributed by atoms with E-state index in [0.29, 0.717) is 28.1 Å². The van der Waals surface area contributed by atoms with Gasteiger partial charge >= 0.3 is 0 Å². The summed E-state index contributed by atoms with van der Waals surface area (Å²) in [5.74, 6) is 8.35. The molecule has 0 saturated carbocycles. The van der Waals surface area contributed by atoms with Crippen LogP contribution in [0.25, 0.3) is 22.4 Å². The lowest BCUT2D eigenvalue weighted by Crippen LogP contribution is -2.32. The first kappa shape index (κ1) is 26.1. The summed E-state index contributed by atoms with van der Waals surface area (Å²) >= 11 is 1.58. The van der Waals surface area contributed by atoms with E-state index in [-0.39, 0.29) is 5.82 Å². The molecule has 0 bridgehead atoms. The number of ether oxygens (including phenoxy) is 1. The second-order valence-corrected chi connectivity index (χ2v) is 10.6. The van der Waals surface area contributed by atoms with Gasteiger partial charge in [-0.1, -0.05) is 65.5 Å². The molecule has 1 saturated heterocycles. The van der Waals surface area contributed by atoms with Crippen molar-refractivity contribution >= 4 is 28.6 Å². The molecule has 0 aliphatic carbocycles. The predicted molar refractivity (Wildman–Crippen MR) is 153 cm³/mol. The van der Waals surface area contributed by atoms with E-state index in [1.807, 2.05) is 67.6 Å². The molecule has 10 heteroatoms. The van der Waals surface area contributed by atoms with Gasteiger partial charge in [0.25, 0.3) is 0 Å². The van der Waals surface area contributed by atoms with E-state index < -0.39 is 24.5 Å². The second kappa shape index (κ2) is 11.2. The van der Waals surface area contributed by atoms with Crippen LogP contribution in [0.1, 0.15) is 28.6 Å². The van der Waals surface area contributed by atoms with Crippen molar-refractivity contribution in [3.63, 3.8) is 0 Å². The monoisotopic (exact) mass is 553 g/mol. The quantitative estimate of drug-likeness (QED) is 0.268. The Morgan fingerprint density at radius 2 is 1.75 bits per heavy atom. The van der Waals surface area contributed by atoms with Crippen LogP contribution < -0.4 is 5.73 Å². The van der Waals surface area contributed by atoms with Gasteiger partial charge in [0.05, 0.1) is 22.7 Å². The number of aliphatic hydroxyl groups is 2. The van der Waals surface area contributed by atoms with Crippen LogP contribution in [0, 0.1) is 18.8 Å². The highest BCUT2D eigenvalue weighted by Gasteiger charge is 2.44. The van der Waals surface area contributed by atoms with Crippen molar-refractivity contribution < 1.29 is 19.5 Å². The fourth-order valence-electron chi connectivity index (χ4n) is 4.81. The van der Waals surface area contributed by atoms with Crippen molar-refractivity contribution in [3.8, 4) is 23.2 Å². The number of nitrogen functional groups attached to an aromatic ring is 1. The number of thioether (sulfide) groups is 1. The number of rotatable bonds is 6. The molecule has 1 aliphatic heterocycles. The smallest absolute Gasteiger partial charge is 0.171 e. The molecule has 0 spiro atoms. The van der Waals surface area contributed by atoms with E-state index in [0.717, 1.165) is 28.1 Å². The van der Waals surface area contributed by atoms with Gasteiger partial charge in [-0.25, -0.2) is 9.97 Å².